The van der Waals surface area contributed by atoms with Gasteiger partial charge in [0.25, 0.3) is 0 Å². The molecule has 178 valence electrons. The molecule has 1 fully saturated rings. The summed E-state index contributed by atoms with van der Waals surface area (Å²) < 4.78 is 5.72. The van der Waals surface area contributed by atoms with Crippen LogP contribution in [0, 0.1) is 29.1 Å². The monoisotopic (exact) mass is 437 g/mol. The van der Waals surface area contributed by atoms with Crippen molar-refractivity contribution in [3.8, 4) is 0 Å². The molecule has 0 aromatic heterocycles. The number of likely N-dealkylation sites (tertiary alicyclic amines) is 1. The number of carbonyl (C=O) groups excluding carboxylic acids is 3. The van der Waals surface area contributed by atoms with Crippen molar-refractivity contribution < 1.29 is 19.1 Å². The summed E-state index contributed by atoms with van der Waals surface area (Å²) in [6.07, 6.45) is 3.75. The van der Waals surface area contributed by atoms with Crippen LogP contribution in [-0.4, -0.2) is 60.6 Å². The lowest BCUT2D eigenvalue weighted by Crippen LogP contribution is -2.51. The van der Waals surface area contributed by atoms with Crippen LogP contribution in [0.15, 0.2) is 0 Å². The topological polar surface area (TPSA) is 99.6 Å². The molecule has 2 N–H and O–H groups in total. The Morgan fingerprint density at radius 2 is 1.81 bits per heavy atom. The van der Waals surface area contributed by atoms with E-state index in [0.717, 1.165) is 25.5 Å². The number of ketones is 1. The second-order valence-electron chi connectivity index (χ2n) is 9.55. The van der Waals surface area contributed by atoms with Crippen LogP contribution in [0.1, 0.15) is 73.6 Å². The van der Waals surface area contributed by atoms with Crippen LogP contribution in [0.5, 0.6) is 0 Å². The first-order valence-corrected chi connectivity index (χ1v) is 11.7. The van der Waals surface area contributed by atoms with E-state index >= 15 is 0 Å². The number of hydrogen-bond donors (Lipinski definition) is 2. The van der Waals surface area contributed by atoms with Gasteiger partial charge in [-0.15, -0.1) is 0 Å². The smallest absolute Gasteiger partial charge is 0.225 e. The van der Waals surface area contributed by atoms with Gasteiger partial charge in [0.2, 0.25) is 11.8 Å². The van der Waals surface area contributed by atoms with Gasteiger partial charge in [-0.25, -0.2) is 0 Å². The lowest BCUT2D eigenvalue weighted by atomic mass is 9.84. The van der Waals surface area contributed by atoms with Gasteiger partial charge < -0.3 is 20.4 Å². The van der Waals surface area contributed by atoms with Crippen LogP contribution in [0.2, 0.25) is 0 Å². The molecule has 1 aliphatic rings. The van der Waals surface area contributed by atoms with Crippen molar-refractivity contribution in [2.24, 2.45) is 23.7 Å². The first kappa shape index (κ1) is 27.3. The van der Waals surface area contributed by atoms with Crippen LogP contribution >= 0.6 is 0 Å². The van der Waals surface area contributed by atoms with Crippen molar-refractivity contribution >= 4 is 23.8 Å². The number of rotatable bonds is 13. The fourth-order valence-electron chi connectivity index (χ4n) is 4.49. The number of methoxy groups -OCH3 is 1. The second-order valence-corrected chi connectivity index (χ2v) is 9.55. The van der Waals surface area contributed by atoms with E-state index < -0.39 is 6.10 Å². The van der Waals surface area contributed by atoms with Gasteiger partial charge in [0, 0.05) is 32.0 Å². The number of Topliss-reactive ketones (excluding diaryl/α,β-unsaturated/α-hetero) is 1. The predicted octanol–water partition coefficient (Wildman–Crippen LogP) is 3.45. The van der Waals surface area contributed by atoms with Crippen molar-refractivity contribution in [3.05, 3.63) is 0 Å². The molecule has 2 amide bonds. The second kappa shape index (κ2) is 12.9. The van der Waals surface area contributed by atoms with E-state index in [9.17, 15) is 14.4 Å². The minimum absolute atomic E-state index is 0.00196. The zero-order chi connectivity index (χ0) is 23.7. The Labute approximate surface area is 188 Å². The first-order chi connectivity index (χ1) is 14.6. The minimum atomic E-state index is -0.407. The van der Waals surface area contributed by atoms with Crippen LogP contribution < -0.4 is 5.32 Å². The Bertz CT molecular complexity index is 622. The number of amides is 2. The molecule has 1 heterocycles. The molecule has 1 rings (SSSR count). The van der Waals surface area contributed by atoms with Crippen LogP contribution in [0.4, 0.5) is 0 Å². The van der Waals surface area contributed by atoms with Gasteiger partial charge in [-0.05, 0) is 30.6 Å². The van der Waals surface area contributed by atoms with E-state index in [0.29, 0.717) is 13.0 Å². The van der Waals surface area contributed by atoms with E-state index in [1.54, 1.807) is 7.11 Å². The van der Waals surface area contributed by atoms with Gasteiger partial charge in [-0.1, -0.05) is 48.0 Å². The quantitative estimate of drug-likeness (QED) is 0.431. The van der Waals surface area contributed by atoms with E-state index in [4.69, 9.17) is 10.1 Å². The van der Waals surface area contributed by atoms with E-state index in [1.807, 2.05) is 32.6 Å². The van der Waals surface area contributed by atoms with E-state index in [-0.39, 0.29) is 59.8 Å². The highest BCUT2D eigenvalue weighted by atomic mass is 16.5. The number of hydrogen-bond acceptors (Lipinski definition) is 5. The fraction of sp³-hybridized carbons (Fsp3) is 0.833. The molecule has 1 aliphatic heterocycles. The molecule has 0 radical (unpaired) electrons. The number of nitrogens with zero attached hydrogens (tertiary/aromatic N) is 1. The maximum Gasteiger partial charge on any atom is 0.225 e. The number of carbonyl (C=O) groups is 3. The summed E-state index contributed by atoms with van der Waals surface area (Å²) in [4.78, 5) is 39.6. The Balaban J connectivity index is 2.93. The van der Waals surface area contributed by atoms with Gasteiger partial charge in [-0.3, -0.25) is 14.4 Å². The zero-order valence-corrected chi connectivity index (χ0v) is 20.4. The summed E-state index contributed by atoms with van der Waals surface area (Å²) >= 11 is 0. The Morgan fingerprint density at radius 3 is 2.32 bits per heavy atom. The molecule has 0 saturated carbocycles. The van der Waals surface area contributed by atoms with Crippen molar-refractivity contribution in [1.82, 2.24) is 10.2 Å². The Morgan fingerprint density at radius 1 is 1.16 bits per heavy atom. The molecule has 1 saturated heterocycles. The van der Waals surface area contributed by atoms with Gasteiger partial charge in [-0.2, -0.15) is 0 Å². The lowest BCUT2D eigenvalue weighted by Gasteiger charge is -2.35. The molecule has 7 heteroatoms. The molecule has 6 unspecified atom stereocenters. The average Bonchev–Trinajstić information content (AvgIpc) is 3.23. The summed E-state index contributed by atoms with van der Waals surface area (Å²) in [6.45, 7) is 12.7. The molecule has 0 spiro atoms. The normalized spacial score (nSPS) is 21.3. The summed E-state index contributed by atoms with van der Waals surface area (Å²) in [5.41, 5.74) is 0. The van der Waals surface area contributed by atoms with Crippen LogP contribution in [0.25, 0.3) is 0 Å². The summed E-state index contributed by atoms with van der Waals surface area (Å²) in [6, 6.07) is -0.247. The Hall–Kier alpha value is -1.76. The molecular formula is C24H43N3O4. The van der Waals surface area contributed by atoms with E-state index in [2.05, 4.69) is 19.2 Å². The van der Waals surface area contributed by atoms with Crippen molar-refractivity contribution in [2.75, 3.05) is 13.7 Å². The highest BCUT2D eigenvalue weighted by molar-refractivity contribution is 6.27. The third kappa shape index (κ3) is 7.70. The summed E-state index contributed by atoms with van der Waals surface area (Å²) in [5, 5.41) is 10.4. The third-order valence-corrected chi connectivity index (χ3v) is 6.86. The summed E-state index contributed by atoms with van der Waals surface area (Å²) in [5.74, 6) is -0.0880. The number of ether oxygens (including phenoxy) is 1. The summed E-state index contributed by atoms with van der Waals surface area (Å²) in [7, 11) is 1.59. The molecule has 7 nitrogen and oxygen atoms in total. The van der Waals surface area contributed by atoms with Gasteiger partial charge in [0.15, 0.2) is 5.78 Å². The largest absolute Gasteiger partial charge is 0.379 e. The molecule has 6 atom stereocenters. The lowest BCUT2D eigenvalue weighted by molar-refractivity contribution is -0.138. The third-order valence-electron chi connectivity index (χ3n) is 6.86. The molecule has 0 aromatic carbocycles. The van der Waals surface area contributed by atoms with Crippen LogP contribution in [-0.2, 0) is 19.1 Å². The van der Waals surface area contributed by atoms with Crippen molar-refractivity contribution in [2.45, 2.75) is 91.8 Å². The minimum Gasteiger partial charge on any atom is -0.379 e. The maximum atomic E-state index is 13.3. The standard InChI is InChI=1S/C24H43N3O4/c1-8-16(4)24(26-22(29)12-15(2)3)21(31-7)13-23(30)27-11-9-10-19(27)17(5)18(6)20(28)14-25/h14-19,21,24-25H,8-13H2,1-7H3,(H,26,29). The number of nitrogens with one attached hydrogen (secondary N) is 2. The van der Waals surface area contributed by atoms with Gasteiger partial charge in [0.05, 0.1) is 24.8 Å². The Kier molecular flexibility index (Phi) is 11.4. The molecule has 31 heavy (non-hydrogen) atoms. The fourth-order valence-corrected chi connectivity index (χ4v) is 4.49. The first-order valence-electron chi connectivity index (χ1n) is 11.7. The van der Waals surface area contributed by atoms with E-state index in [1.165, 1.54) is 0 Å². The average molecular weight is 438 g/mol. The molecule has 0 aromatic rings. The maximum absolute atomic E-state index is 13.3. The van der Waals surface area contributed by atoms with Crippen molar-refractivity contribution in [3.63, 3.8) is 0 Å². The molecule has 0 bridgehead atoms. The SMILES string of the molecule is CCC(C)C(NC(=O)CC(C)C)C(CC(=O)N1CCCC1C(C)C(C)C(=O)C=N)OC. The van der Waals surface area contributed by atoms with Crippen molar-refractivity contribution in [1.29, 1.82) is 5.41 Å². The highest BCUT2D eigenvalue weighted by Gasteiger charge is 2.38. The van der Waals surface area contributed by atoms with Crippen LogP contribution in [0.3, 0.4) is 0 Å². The molecule has 0 aliphatic carbocycles. The zero-order valence-electron chi connectivity index (χ0n) is 20.4. The predicted molar refractivity (Wildman–Crippen MR) is 123 cm³/mol. The van der Waals surface area contributed by atoms with Gasteiger partial charge in [0.1, 0.15) is 0 Å². The molecular weight excluding hydrogens is 394 g/mol. The van der Waals surface area contributed by atoms with Gasteiger partial charge >= 0.3 is 0 Å². The highest BCUT2D eigenvalue weighted by Crippen LogP contribution is 2.30.